The molecule has 1 aromatic carbocycles. The van der Waals surface area contributed by atoms with Crippen LogP contribution < -0.4 is 5.32 Å². The normalized spacial score (nSPS) is 13.1. The fraction of sp³-hybridized carbons (Fsp3) is 0.533. The molecule has 1 rings (SSSR count). The van der Waals surface area contributed by atoms with E-state index in [1.54, 1.807) is 0 Å². The number of hydrogen-bond acceptors (Lipinski definition) is 2. The summed E-state index contributed by atoms with van der Waals surface area (Å²) >= 11 is 0. The Morgan fingerprint density at radius 1 is 1.30 bits per heavy atom. The summed E-state index contributed by atoms with van der Waals surface area (Å²) in [5.74, 6) is -2.23. The van der Waals surface area contributed by atoms with Gasteiger partial charge < -0.3 is 10.4 Å². The van der Waals surface area contributed by atoms with Gasteiger partial charge in [-0.15, -0.1) is 0 Å². The summed E-state index contributed by atoms with van der Waals surface area (Å²) < 4.78 is 25.7. The summed E-state index contributed by atoms with van der Waals surface area (Å²) in [7, 11) is 0. The number of halogens is 2. The summed E-state index contributed by atoms with van der Waals surface area (Å²) in [6, 6.07) is 3.36. The molecule has 20 heavy (non-hydrogen) atoms. The molecule has 112 valence electrons. The third-order valence-corrected chi connectivity index (χ3v) is 2.73. The summed E-state index contributed by atoms with van der Waals surface area (Å²) in [5.41, 5.74) is 0.372. The smallest absolute Gasteiger partial charge is 0.224 e. The van der Waals surface area contributed by atoms with Gasteiger partial charge in [-0.3, -0.25) is 4.79 Å². The van der Waals surface area contributed by atoms with Crippen LogP contribution in [0.1, 0.15) is 32.8 Å². The third kappa shape index (κ3) is 6.10. The molecule has 0 bridgehead atoms. The van der Waals surface area contributed by atoms with Crippen molar-refractivity contribution in [2.24, 2.45) is 5.41 Å². The van der Waals surface area contributed by atoms with Crippen LogP contribution in [-0.2, 0) is 11.2 Å². The molecule has 1 unspecified atom stereocenters. The van der Waals surface area contributed by atoms with Gasteiger partial charge in [0.15, 0.2) is 11.6 Å². The highest BCUT2D eigenvalue weighted by Gasteiger charge is 2.17. The van der Waals surface area contributed by atoms with Crippen LogP contribution in [0.2, 0.25) is 0 Å². The van der Waals surface area contributed by atoms with Crippen molar-refractivity contribution in [2.75, 3.05) is 6.54 Å². The summed E-state index contributed by atoms with van der Waals surface area (Å²) in [6.45, 7) is 6.15. The zero-order chi connectivity index (χ0) is 15.3. The molecule has 0 heterocycles. The molecular formula is C15H21F2NO2. The zero-order valence-electron chi connectivity index (χ0n) is 12.0. The van der Waals surface area contributed by atoms with Crippen molar-refractivity contribution in [3.63, 3.8) is 0 Å². The summed E-state index contributed by atoms with van der Waals surface area (Å²) in [4.78, 5) is 11.6. The van der Waals surface area contributed by atoms with E-state index in [0.717, 1.165) is 12.1 Å². The van der Waals surface area contributed by atoms with Gasteiger partial charge >= 0.3 is 0 Å². The number of benzene rings is 1. The molecule has 3 nitrogen and oxygen atoms in total. The van der Waals surface area contributed by atoms with Crippen LogP contribution in [0.4, 0.5) is 8.78 Å². The van der Waals surface area contributed by atoms with Crippen LogP contribution in [0, 0.1) is 17.0 Å². The van der Waals surface area contributed by atoms with Gasteiger partial charge in [0.2, 0.25) is 5.91 Å². The molecule has 0 aliphatic carbocycles. The van der Waals surface area contributed by atoms with E-state index < -0.39 is 17.7 Å². The molecule has 0 aliphatic heterocycles. The Kier molecular flexibility index (Phi) is 5.62. The minimum atomic E-state index is -0.969. The second kappa shape index (κ2) is 6.79. The van der Waals surface area contributed by atoms with Crippen LogP contribution >= 0.6 is 0 Å². The van der Waals surface area contributed by atoms with Gasteiger partial charge in [-0.25, -0.2) is 8.78 Å². The van der Waals surface area contributed by atoms with Crippen molar-refractivity contribution < 1.29 is 18.7 Å². The Bertz CT molecular complexity index is 469. The van der Waals surface area contributed by atoms with Gasteiger partial charge in [0.1, 0.15) is 0 Å². The van der Waals surface area contributed by atoms with E-state index in [1.807, 2.05) is 20.8 Å². The number of aliphatic hydroxyl groups is 1. The molecule has 0 fully saturated rings. The number of rotatable bonds is 5. The van der Waals surface area contributed by atoms with Crippen LogP contribution in [0.3, 0.4) is 0 Å². The number of aliphatic hydroxyl groups excluding tert-OH is 1. The van der Waals surface area contributed by atoms with E-state index in [4.69, 9.17) is 0 Å². The molecule has 0 spiro atoms. The van der Waals surface area contributed by atoms with Crippen molar-refractivity contribution in [3.8, 4) is 0 Å². The summed E-state index contributed by atoms with van der Waals surface area (Å²) in [5, 5.41) is 12.3. The minimum absolute atomic E-state index is 0.0236. The quantitative estimate of drug-likeness (QED) is 0.873. The van der Waals surface area contributed by atoms with Crippen molar-refractivity contribution >= 4 is 5.91 Å². The van der Waals surface area contributed by atoms with Crippen LogP contribution in [-0.4, -0.2) is 23.7 Å². The summed E-state index contributed by atoms with van der Waals surface area (Å²) in [6.07, 6.45) is -0.0957. The lowest BCUT2D eigenvalue weighted by Gasteiger charge is -2.22. The Balaban J connectivity index is 2.42. The fourth-order valence-electron chi connectivity index (χ4n) is 1.91. The van der Waals surface area contributed by atoms with E-state index in [-0.39, 0.29) is 24.3 Å². The maximum atomic E-state index is 13.0. The van der Waals surface area contributed by atoms with Crippen molar-refractivity contribution in [3.05, 3.63) is 35.4 Å². The Labute approximate surface area is 118 Å². The Morgan fingerprint density at radius 3 is 2.50 bits per heavy atom. The maximum Gasteiger partial charge on any atom is 0.224 e. The Hall–Kier alpha value is -1.49. The standard InChI is InChI=1S/C15H21F2NO2/c1-15(2,3)8-11(19)9-18-14(20)7-10-4-5-12(16)13(17)6-10/h4-6,11,19H,7-9H2,1-3H3,(H,18,20). The lowest BCUT2D eigenvalue weighted by atomic mass is 9.89. The van der Waals surface area contributed by atoms with Crippen LogP contribution in [0.25, 0.3) is 0 Å². The molecule has 5 heteroatoms. The lowest BCUT2D eigenvalue weighted by Crippen LogP contribution is -2.35. The molecule has 1 aromatic rings. The highest BCUT2D eigenvalue weighted by atomic mass is 19.2. The van der Waals surface area contributed by atoms with E-state index in [9.17, 15) is 18.7 Å². The van der Waals surface area contributed by atoms with Crippen molar-refractivity contribution in [1.29, 1.82) is 0 Å². The topological polar surface area (TPSA) is 49.3 Å². The molecule has 0 aromatic heterocycles. The van der Waals surface area contributed by atoms with E-state index in [2.05, 4.69) is 5.32 Å². The highest BCUT2D eigenvalue weighted by Crippen LogP contribution is 2.20. The van der Waals surface area contributed by atoms with Gasteiger partial charge in [0.25, 0.3) is 0 Å². The van der Waals surface area contributed by atoms with E-state index in [1.165, 1.54) is 6.07 Å². The van der Waals surface area contributed by atoms with Gasteiger partial charge in [-0.2, -0.15) is 0 Å². The van der Waals surface area contributed by atoms with Gasteiger partial charge in [0, 0.05) is 6.54 Å². The van der Waals surface area contributed by atoms with E-state index in [0.29, 0.717) is 12.0 Å². The van der Waals surface area contributed by atoms with Crippen LogP contribution in [0.5, 0.6) is 0 Å². The van der Waals surface area contributed by atoms with Gasteiger partial charge in [-0.05, 0) is 29.5 Å². The molecule has 0 saturated carbocycles. The van der Waals surface area contributed by atoms with Gasteiger partial charge in [-0.1, -0.05) is 26.8 Å². The monoisotopic (exact) mass is 285 g/mol. The first-order chi connectivity index (χ1) is 9.17. The molecule has 2 N–H and O–H groups in total. The minimum Gasteiger partial charge on any atom is -0.391 e. The highest BCUT2D eigenvalue weighted by molar-refractivity contribution is 5.78. The third-order valence-electron chi connectivity index (χ3n) is 2.73. The zero-order valence-corrected chi connectivity index (χ0v) is 12.0. The Morgan fingerprint density at radius 2 is 1.95 bits per heavy atom. The van der Waals surface area contributed by atoms with Gasteiger partial charge in [0.05, 0.1) is 12.5 Å². The lowest BCUT2D eigenvalue weighted by molar-refractivity contribution is -0.121. The van der Waals surface area contributed by atoms with Crippen molar-refractivity contribution in [2.45, 2.75) is 39.7 Å². The molecule has 1 atom stereocenters. The second-order valence-corrected chi connectivity index (χ2v) is 6.15. The SMILES string of the molecule is CC(C)(C)CC(O)CNC(=O)Cc1ccc(F)c(F)c1. The first-order valence-corrected chi connectivity index (χ1v) is 6.56. The second-order valence-electron chi connectivity index (χ2n) is 6.15. The number of carbonyl (C=O) groups excluding carboxylic acids is 1. The predicted molar refractivity (Wildman–Crippen MR) is 73.2 cm³/mol. The predicted octanol–water partition coefficient (Wildman–Crippen LogP) is 2.42. The number of hydrogen-bond donors (Lipinski definition) is 2. The molecular weight excluding hydrogens is 264 g/mol. The number of amides is 1. The van der Waals surface area contributed by atoms with Crippen LogP contribution in [0.15, 0.2) is 18.2 Å². The average molecular weight is 285 g/mol. The number of carbonyl (C=O) groups is 1. The van der Waals surface area contributed by atoms with E-state index >= 15 is 0 Å². The van der Waals surface area contributed by atoms with Crippen molar-refractivity contribution in [1.82, 2.24) is 5.32 Å². The number of nitrogens with one attached hydrogen (secondary N) is 1. The molecule has 0 aliphatic rings. The largest absolute Gasteiger partial charge is 0.391 e. The molecule has 0 radical (unpaired) electrons. The first-order valence-electron chi connectivity index (χ1n) is 6.56. The molecule has 1 amide bonds. The fourth-order valence-corrected chi connectivity index (χ4v) is 1.91. The first kappa shape index (κ1) is 16.6. The maximum absolute atomic E-state index is 13.0. The molecule has 0 saturated heterocycles. The average Bonchev–Trinajstić information content (AvgIpc) is 2.29.